The minimum Gasteiger partial charge on any atom is -0.464 e. The predicted molar refractivity (Wildman–Crippen MR) is 57.1 cm³/mol. The molecule has 1 aromatic heterocycles. The van der Waals surface area contributed by atoms with Crippen LogP contribution in [0.4, 0.5) is 0 Å². The quantitative estimate of drug-likeness (QED) is 0.784. The molecule has 2 rings (SSSR count). The minimum atomic E-state index is 0.0848. The lowest BCUT2D eigenvalue weighted by molar-refractivity contribution is 0.361. The van der Waals surface area contributed by atoms with E-state index in [4.69, 9.17) is 10.2 Å². The van der Waals surface area contributed by atoms with E-state index < -0.39 is 0 Å². The van der Waals surface area contributed by atoms with Crippen LogP contribution in [-0.2, 0) is 5.41 Å². The Hall–Kier alpha value is -0.760. The van der Waals surface area contributed by atoms with E-state index in [1.165, 1.54) is 12.8 Å². The van der Waals surface area contributed by atoms with E-state index >= 15 is 0 Å². The average Bonchev–Trinajstić information content (AvgIpc) is 2.79. The largest absolute Gasteiger partial charge is 0.464 e. The first-order valence-electron chi connectivity index (χ1n) is 5.34. The van der Waals surface area contributed by atoms with Crippen LogP contribution in [0.3, 0.4) is 0 Å². The van der Waals surface area contributed by atoms with E-state index in [0.29, 0.717) is 5.92 Å². The van der Waals surface area contributed by atoms with Crippen LogP contribution in [-0.4, -0.2) is 0 Å². The Labute approximate surface area is 85.5 Å². The Kier molecular flexibility index (Phi) is 2.18. The second kappa shape index (κ2) is 3.13. The third-order valence-electron chi connectivity index (χ3n) is 2.82. The number of furan rings is 1. The Morgan fingerprint density at radius 2 is 2.00 bits per heavy atom. The number of rotatable bonds is 2. The summed E-state index contributed by atoms with van der Waals surface area (Å²) < 4.78 is 5.79. The summed E-state index contributed by atoms with van der Waals surface area (Å²) in [7, 11) is 0. The zero-order chi connectivity index (χ0) is 10.3. The zero-order valence-corrected chi connectivity index (χ0v) is 9.21. The van der Waals surface area contributed by atoms with Crippen molar-refractivity contribution in [3.63, 3.8) is 0 Å². The lowest BCUT2D eigenvalue weighted by Crippen LogP contribution is -2.12. The molecule has 1 unspecified atom stereocenters. The standard InChI is InChI=1S/C12H19NO/c1-12(2,3)10-7-6-9(14-10)11(13)8-4-5-8/h6-8,11H,4-5,13H2,1-3H3. The van der Waals surface area contributed by atoms with Crippen LogP contribution in [0.25, 0.3) is 0 Å². The summed E-state index contributed by atoms with van der Waals surface area (Å²) in [4.78, 5) is 0. The molecule has 0 bridgehead atoms. The third kappa shape index (κ3) is 1.85. The van der Waals surface area contributed by atoms with Crippen LogP contribution in [0, 0.1) is 5.92 Å². The number of hydrogen-bond acceptors (Lipinski definition) is 2. The van der Waals surface area contributed by atoms with Gasteiger partial charge in [0.2, 0.25) is 0 Å². The van der Waals surface area contributed by atoms with Crippen LogP contribution in [0.15, 0.2) is 16.5 Å². The summed E-state index contributed by atoms with van der Waals surface area (Å²) in [6.07, 6.45) is 2.51. The molecule has 2 N–H and O–H groups in total. The molecule has 0 spiro atoms. The Bertz CT molecular complexity index is 317. The van der Waals surface area contributed by atoms with Crippen molar-refractivity contribution in [2.24, 2.45) is 11.7 Å². The average molecular weight is 193 g/mol. The SMILES string of the molecule is CC(C)(C)c1ccc(C(N)C2CC2)o1. The molecular formula is C12H19NO. The van der Waals surface area contributed by atoms with Gasteiger partial charge in [-0.3, -0.25) is 0 Å². The molecule has 1 aliphatic rings. The summed E-state index contributed by atoms with van der Waals surface area (Å²) >= 11 is 0. The van der Waals surface area contributed by atoms with E-state index in [1.54, 1.807) is 0 Å². The maximum Gasteiger partial charge on any atom is 0.121 e. The first kappa shape index (κ1) is 9.78. The van der Waals surface area contributed by atoms with Crippen molar-refractivity contribution in [3.05, 3.63) is 23.7 Å². The van der Waals surface area contributed by atoms with Gasteiger partial charge in [0.25, 0.3) is 0 Å². The fourth-order valence-electron chi connectivity index (χ4n) is 1.62. The monoisotopic (exact) mass is 193 g/mol. The molecule has 1 aliphatic carbocycles. The molecule has 1 fully saturated rings. The highest BCUT2D eigenvalue weighted by Crippen LogP contribution is 2.40. The molecule has 14 heavy (non-hydrogen) atoms. The van der Waals surface area contributed by atoms with Crippen LogP contribution in [0.1, 0.15) is 51.2 Å². The van der Waals surface area contributed by atoms with Crippen molar-refractivity contribution in [1.82, 2.24) is 0 Å². The molecule has 0 saturated heterocycles. The molecule has 0 aliphatic heterocycles. The lowest BCUT2D eigenvalue weighted by atomic mass is 9.94. The smallest absolute Gasteiger partial charge is 0.121 e. The van der Waals surface area contributed by atoms with Gasteiger partial charge in [-0.1, -0.05) is 20.8 Å². The molecule has 1 atom stereocenters. The summed E-state index contributed by atoms with van der Waals surface area (Å²) in [5.74, 6) is 2.65. The molecule has 1 aromatic rings. The van der Waals surface area contributed by atoms with E-state index in [0.717, 1.165) is 11.5 Å². The van der Waals surface area contributed by atoms with Crippen LogP contribution < -0.4 is 5.73 Å². The summed E-state index contributed by atoms with van der Waals surface area (Å²) in [6, 6.07) is 4.20. The highest BCUT2D eigenvalue weighted by molar-refractivity contribution is 5.17. The predicted octanol–water partition coefficient (Wildman–Crippen LogP) is 2.99. The Morgan fingerprint density at radius 3 is 2.43 bits per heavy atom. The van der Waals surface area contributed by atoms with Gasteiger partial charge in [-0.15, -0.1) is 0 Å². The molecule has 0 amide bonds. The third-order valence-corrected chi connectivity index (χ3v) is 2.82. The highest BCUT2D eigenvalue weighted by Gasteiger charge is 2.32. The molecule has 0 aromatic carbocycles. The van der Waals surface area contributed by atoms with Crippen LogP contribution in [0.2, 0.25) is 0 Å². The summed E-state index contributed by atoms with van der Waals surface area (Å²) in [5.41, 5.74) is 6.15. The first-order valence-corrected chi connectivity index (χ1v) is 5.34. The molecule has 1 heterocycles. The van der Waals surface area contributed by atoms with Crippen molar-refractivity contribution in [1.29, 1.82) is 0 Å². The second-order valence-corrected chi connectivity index (χ2v) is 5.32. The van der Waals surface area contributed by atoms with Crippen LogP contribution >= 0.6 is 0 Å². The van der Waals surface area contributed by atoms with Crippen molar-refractivity contribution >= 4 is 0 Å². The molecule has 2 nitrogen and oxygen atoms in total. The van der Waals surface area contributed by atoms with Crippen molar-refractivity contribution < 1.29 is 4.42 Å². The van der Waals surface area contributed by atoms with Crippen molar-refractivity contribution in [3.8, 4) is 0 Å². The molecule has 0 radical (unpaired) electrons. The van der Waals surface area contributed by atoms with E-state index in [9.17, 15) is 0 Å². The zero-order valence-electron chi connectivity index (χ0n) is 9.21. The number of hydrogen-bond donors (Lipinski definition) is 1. The van der Waals surface area contributed by atoms with Crippen LogP contribution in [0.5, 0.6) is 0 Å². The first-order chi connectivity index (χ1) is 6.48. The van der Waals surface area contributed by atoms with Gasteiger partial charge in [-0.25, -0.2) is 0 Å². The van der Waals surface area contributed by atoms with Gasteiger partial charge < -0.3 is 10.2 Å². The van der Waals surface area contributed by atoms with Gasteiger partial charge in [0.1, 0.15) is 11.5 Å². The topological polar surface area (TPSA) is 39.2 Å². The number of nitrogens with two attached hydrogens (primary N) is 1. The summed E-state index contributed by atoms with van der Waals surface area (Å²) in [6.45, 7) is 6.45. The maximum absolute atomic E-state index is 6.06. The fraction of sp³-hybridized carbons (Fsp3) is 0.667. The molecule has 1 saturated carbocycles. The molecular weight excluding hydrogens is 174 g/mol. The van der Waals surface area contributed by atoms with E-state index in [2.05, 4.69) is 26.8 Å². The normalized spacial score (nSPS) is 19.7. The van der Waals surface area contributed by atoms with Gasteiger partial charge in [-0.2, -0.15) is 0 Å². The van der Waals surface area contributed by atoms with Gasteiger partial charge in [0, 0.05) is 5.41 Å². The second-order valence-electron chi connectivity index (χ2n) is 5.32. The summed E-state index contributed by atoms with van der Waals surface area (Å²) in [5, 5.41) is 0. The highest BCUT2D eigenvalue weighted by atomic mass is 16.3. The maximum atomic E-state index is 6.06. The van der Waals surface area contributed by atoms with E-state index in [-0.39, 0.29) is 11.5 Å². The Morgan fingerprint density at radius 1 is 1.36 bits per heavy atom. The van der Waals surface area contributed by atoms with Gasteiger partial charge in [-0.05, 0) is 30.9 Å². The van der Waals surface area contributed by atoms with Crippen molar-refractivity contribution in [2.75, 3.05) is 0 Å². The van der Waals surface area contributed by atoms with Gasteiger partial charge >= 0.3 is 0 Å². The molecule has 78 valence electrons. The van der Waals surface area contributed by atoms with Crippen molar-refractivity contribution in [2.45, 2.75) is 45.1 Å². The van der Waals surface area contributed by atoms with E-state index in [1.807, 2.05) is 6.07 Å². The minimum absolute atomic E-state index is 0.0848. The van der Waals surface area contributed by atoms with Gasteiger partial charge in [0.05, 0.1) is 6.04 Å². The fourth-order valence-corrected chi connectivity index (χ4v) is 1.62. The lowest BCUT2D eigenvalue weighted by Gasteiger charge is -2.15. The van der Waals surface area contributed by atoms with Gasteiger partial charge in [0.15, 0.2) is 0 Å². The Balaban J connectivity index is 2.16. The molecule has 2 heteroatoms.